The van der Waals surface area contributed by atoms with Crippen molar-refractivity contribution in [2.24, 2.45) is 0 Å². The SMILES string of the molecule is O=C1c2cccc(OC(F)(F)F)c2C(=O)N1Cc1ccccn1. The van der Waals surface area contributed by atoms with Crippen LogP contribution in [0.3, 0.4) is 0 Å². The zero-order valence-corrected chi connectivity index (χ0v) is 11.5. The van der Waals surface area contributed by atoms with Gasteiger partial charge in [-0.15, -0.1) is 13.2 Å². The number of hydrogen-bond donors (Lipinski definition) is 0. The van der Waals surface area contributed by atoms with Gasteiger partial charge in [-0.05, 0) is 24.3 Å². The van der Waals surface area contributed by atoms with Crippen molar-refractivity contribution >= 4 is 11.8 Å². The van der Waals surface area contributed by atoms with Crippen LogP contribution in [0, 0.1) is 0 Å². The van der Waals surface area contributed by atoms with E-state index in [2.05, 4.69) is 9.72 Å². The molecule has 118 valence electrons. The first kappa shape index (κ1) is 15.0. The molecule has 2 amide bonds. The molecule has 0 atom stereocenters. The molecule has 0 saturated carbocycles. The highest BCUT2D eigenvalue weighted by Gasteiger charge is 2.41. The van der Waals surface area contributed by atoms with Crippen LogP contribution in [0.4, 0.5) is 13.2 Å². The molecule has 0 aliphatic carbocycles. The Balaban J connectivity index is 1.95. The van der Waals surface area contributed by atoms with Crippen molar-refractivity contribution in [1.29, 1.82) is 0 Å². The predicted octanol–water partition coefficient (Wildman–Crippen LogP) is 2.78. The van der Waals surface area contributed by atoms with Gasteiger partial charge in [0.05, 0.1) is 23.4 Å². The lowest BCUT2D eigenvalue weighted by Crippen LogP contribution is -2.29. The number of nitrogens with zero attached hydrogens (tertiary/aromatic N) is 2. The van der Waals surface area contributed by atoms with Crippen molar-refractivity contribution < 1.29 is 27.5 Å². The molecule has 2 heterocycles. The van der Waals surface area contributed by atoms with E-state index < -0.39 is 23.9 Å². The molecule has 5 nitrogen and oxygen atoms in total. The second-order valence-corrected chi connectivity index (χ2v) is 4.74. The van der Waals surface area contributed by atoms with Crippen molar-refractivity contribution in [3.05, 3.63) is 59.4 Å². The lowest BCUT2D eigenvalue weighted by molar-refractivity contribution is -0.274. The summed E-state index contributed by atoms with van der Waals surface area (Å²) in [4.78, 5) is 29.5. The van der Waals surface area contributed by atoms with Gasteiger partial charge < -0.3 is 4.74 Å². The molecule has 0 bridgehead atoms. The number of halogens is 3. The third-order valence-electron chi connectivity index (χ3n) is 3.23. The molecular weight excluding hydrogens is 313 g/mol. The zero-order chi connectivity index (χ0) is 16.6. The van der Waals surface area contributed by atoms with Crippen LogP contribution in [0.1, 0.15) is 26.4 Å². The summed E-state index contributed by atoms with van der Waals surface area (Å²) in [6.07, 6.45) is -3.46. The second kappa shape index (κ2) is 5.38. The normalized spacial score (nSPS) is 14.1. The molecule has 3 rings (SSSR count). The summed E-state index contributed by atoms with van der Waals surface area (Å²) >= 11 is 0. The van der Waals surface area contributed by atoms with Gasteiger partial charge in [0.25, 0.3) is 11.8 Å². The average molecular weight is 322 g/mol. The standard InChI is InChI=1S/C15H9F3N2O3/c16-15(17,18)23-11-6-3-5-10-12(11)14(22)20(13(10)21)8-9-4-1-2-7-19-9/h1-7H,8H2. The van der Waals surface area contributed by atoms with Gasteiger partial charge in [0, 0.05) is 6.20 Å². The Kier molecular flexibility index (Phi) is 3.51. The van der Waals surface area contributed by atoms with E-state index in [4.69, 9.17) is 0 Å². The van der Waals surface area contributed by atoms with E-state index in [9.17, 15) is 22.8 Å². The number of aromatic nitrogens is 1. The van der Waals surface area contributed by atoms with Crippen LogP contribution in [-0.4, -0.2) is 28.1 Å². The van der Waals surface area contributed by atoms with Crippen molar-refractivity contribution in [3.8, 4) is 5.75 Å². The van der Waals surface area contributed by atoms with Crippen LogP contribution in [0.5, 0.6) is 5.75 Å². The maximum absolute atomic E-state index is 12.4. The maximum Gasteiger partial charge on any atom is 0.573 e. The van der Waals surface area contributed by atoms with Crippen molar-refractivity contribution in [1.82, 2.24) is 9.88 Å². The van der Waals surface area contributed by atoms with Crippen LogP contribution in [-0.2, 0) is 6.54 Å². The quantitative estimate of drug-likeness (QED) is 0.815. The predicted molar refractivity (Wildman–Crippen MR) is 71.6 cm³/mol. The Labute approximate surface area is 128 Å². The van der Waals surface area contributed by atoms with Crippen molar-refractivity contribution in [2.45, 2.75) is 12.9 Å². The summed E-state index contributed by atoms with van der Waals surface area (Å²) in [7, 11) is 0. The lowest BCUT2D eigenvalue weighted by atomic mass is 10.1. The average Bonchev–Trinajstić information content (AvgIpc) is 2.73. The van der Waals surface area contributed by atoms with E-state index in [0.29, 0.717) is 5.69 Å². The van der Waals surface area contributed by atoms with Gasteiger partial charge in [-0.3, -0.25) is 19.5 Å². The number of imide groups is 1. The fourth-order valence-corrected chi connectivity index (χ4v) is 2.31. The Hall–Kier alpha value is -2.90. The monoisotopic (exact) mass is 322 g/mol. The highest BCUT2D eigenvalue weighted by molar-refractivity contribution is 6.22. The Morgan fingerprint density at radius 1 is 1.04 bits per heavy atom. The van der Waals surface area contributed by atoms with Gasteiger partial charge in [-0.25, -0.2) is 0 Å². The van der Waals surface area contributed by atoms with Crippen molar-refractivity contribution in [3.63, 3.8) is 0 Å². The summed E-state index contributed by atoms with van der Waals surface area (Å²) in [6.45, 7) is -0.126. The van der Waals surface area contributed by atoms with E-state index in [1.54, 1.807) is 18.2 Å². The summed E-state index contributed by atoms with van der Waals surface area (Å²) in [5.41, 5.74) is -0.0567. The van der Waals surface area contributed by atoms with E-state index >= 15 is 0 Å². The number of carbonyl (C=O) groups is 2. The summed E-state index contributed by atoms with van der Waals surface area (Å²) in [5.74, 6) is -2.20. The molecule has 1 aromatic heterocycles. The van der Waals surface area contributed by atoms with Crippen molar-refractivity contribution in [2.75, 3.05) is 0 Å². The molecular formula is C15H9F3N2O3. The Morgan fingerprint density at radius 3 is 2.48 bits per heavy atom. The molecule has 0 N–H and O–H groups in total. The first-order valence-electron chi connectivity index (χ1n) is 6.51. The number of amides is 2. The number of pyridine rings is 1. The highest BCUT2D eigenvalue weighted by atomic mass is 19.4. The summed E-state index contributed by atoms with van der Waals surface area (Å²) in [6, 6.07) is 8.48. The van der Waals surface area contributed by atoms with E-state index in [0.717, 1.165) is 11.0 Å². The number of hydrogen-bond acceptors (Lipinski definition) is 4. The molecule has 1 aliphatic heterocycles. The van der Waals surface area contributed by atoms with Crippen LogP contribution in [0.2, 0.25) is 0 Å². The minimum atomic E-state index is -4.95. The van der Waals surface area contributed by atoms with E-state index in [1.165, 1.54) is 18.3 Å². The number of carbonyl (C=O) groups excluding carboxylic acids is 2. The third kappa shape index (κ3) is 2.87. The molecule has 0 radical (unpaired) electrons. The molecule has 0 fully saturated rings. The topological polar surface area (TPSA) is 59.5 Å². The molecule has 2 aromatic rings. The molecule has 23 heavy (non-hydrogen) atoms. The van der Waals surface area contributed by atoms with Crippen LogP contribution in [0.15, 0.2) is 42.6 Å². The lowest BCUT2D eigenvalue weighted by Gasteiger charge is -2.13. The second-order valence-electron chi connectivity index (χ2n) is 4.74. The first-order chi connectivity index (χ1) is 10.9. The van der Waals surface area contributed by atoms with Crippen LogP contribution in [0.25, 0.3) is 0 Å². The van der Waals surface area contributed by atoms with Gasteiger partial charge in [0.2, 0.25) is 0 Å². The number of fused-ring (bicyclic) bond motifs is 1. The smallest absolute Gasteiger partial charge is 0.405 e. The van der Waals surface area contributed by atoms with Crippen LogP contribution < -0.4 is 4.74 Å². The highest BCUT2D eigenvalue weighted by Crippen LogP contribution is 2.34. The Bertz CT molecular complexity index is 775. The van der Waals surface area contributed by atoms with Gasteiger partial charge in [-0.2, -0.15) is 0 Å². The summed E-state index contributed by atoms with van der Waals surface area (Å²) < 4.78 is 41.2. The number of ether oxygens (including phenoxy) is 1. The largest absolute Gasteiger partial charge is 0.573 e. The molecule has 0 unspecified atom stereocenters. The van der Waals surface area contributed by atoms with Crippen LogP contribution >= 0.6 is 0 Å². The maximum atomic E-state index is 12.4. The molecule has 0 spiro atoms. The van der Waals surface area contributed by atoms with E-state index in [1.807, 2.05) is 0 Å². The minimum absolute atomic E-state index is 0.118. The van der Waals surface area contributed by atoms with E-state index in [-0.39, 0.29) is 17.7 Å². The fourth-order valence-electron chi connectivity index (χ4n) is 2.31. The number of benzene rings is 1. The molecule has 1 aliphatic rings. The minimum Gasteiger partial charge on any atom is -0.405 e. The first-order valence-corrected chi connectivity index (χ1v) is 6.51. The molecule has 0 saturated heterocycles. The third-order valence-corrected chi connectivity index (χ3v) is 3.23. The van der Waals surface area contributed by atoms with Gasteiger partial charge in [0.1, 0.15) is 5.75 Å². The Morgan fingerprint density at radius 2 is 1.83 bits per heavy atom. The molecule has 1 aromatic carbocycles. The van der Waals surface area contributed by atoms with Gasteiger partial charge in [-0.1, -0.05) is 12.1 Å². The number of alkyl halides is 3. The fraction of sp³-hybridized carbons (Fsp3) is 0.133. The number of rotatable bonds is 3. The summed E-state index contributed by atoms with van der Waals surface area (Å²) in [5, 5.41) is 0. The molecule has 8 heteroatoms. The van der Waals surface area contributed by atoms with Gasteiger partial charge >= 0.3 is 6.36 Å². The van der Waals surface area contributed by atoms with Gasteiger partial charge in [0.15, 0.2) is 0 Å². The zero-order valence-electron chi connectivity index (χ0n) is 11.5.